The molecule has 2 aliphatic rings. The Balaban J connectivity index is 1.81. The fourth-order valence-electron chi connectivity index (χ4n) is 3.01. The van der Waals surface area contributed by atoms with Crippen molar-refractivity contribution in [3.05, 3.63) is 29.8 Å². The van der Waals surface area contributed by atoms with E-state index in [1.807, 2.05) is 6.07 Å². The van der Waals surface area contributed by atoms with E-state index in [9.17, 15) is 4.79 Å². The quantitative estimate of drug-likeness (QED) is 0.723. The molecule has 7 heteroatoms. The van der Waals surface area contributed by atoms with E-state index in [-0.39, 0.29) is 5.97 Å². The molecule has 23 heavy (non-hydrogen) atoms. The maximum atomic E-state index is 11.6. The van der Waals surface area contributed by atoms with Crippen molar-refractivity contribution < 1.29 is 9.53 Å². The SMILES string of the molecule is COC(=O)c1cccc(NC2=NC3(CCCCC3)N=C(N)N2)c1. The Morgan fingerprint density at radius 3 is 2.83 bits per heavy atom. The van der Waals surface area contributed by atoms with Crippen molar-refractivity contribution in [2.45, 2.75) is 37.8 Å². The van der Waals surface area contributed by atoms with Crippen LogP contribution < -0.4 is 16.4 Å². The zero-order valence-corrected chi connectivity index (χ0v) is 13.1. The highest BCUT2D eigenvalue weighted by molar-refractivity contribution is 6.06. The van der Waals surface area contributed by atoms with Crippen LogP contribution >= 0.6 is 0 Å². The molecule has 0 amide bonds. The van der Waals surface area contributed by atoms with Gasteiger partial charge < -0.3 is 15.8 Å². The predicted molar refractivity (Wildman–Crippen MR) is 89.4 cm³/mol. The van der Waals surface area contributed by atoms with Gasteiger partial charge in [-0.05, 0) is 43.9 Å². The summed E-state index contributed by atoms with van der Waals surface area (Å²) < 4.78 is 4.74. The zero-order valence-electron chi connectivity index (χ0n) is 13.1. The molecule has 1 heterocycles. The van der Waals surface area contributed by atoms with Gasteiger partial charge in [0.1, 0.15) is 0 Å². The number of nitrogens with zero attached hydrogens (tertiary/aromatic N) is 2. The summed E-state index contributed by atoms with van der Waals surface area (Å²) in [5.74, 6) is 0.548. The van der Waals surface area contributed by atoms with Crippen LogP contribution in [0.2, 0.25) is 0 Å². The van der Waals surface area contributed by atoms with E-state index in [4.69, 9.17) is 15.5 Å². The minimum atomic E-state index is -0.449. The molecule has 0 atom stereocenters. The number of nitrogens with two attached hydrogens (primary N) is 1. The third-order valence-electron chi connectivity index (χ3n) is 4.10. The largest absolute Gasteiger partial charge is 0.465 e. The van der Waals surface area contributed by atoms with Crippen molar-refractivity contribution in [3.8, 4) is 0 Å². The number of benzene rings is 1. The highest BCUT2D eigenvalue weighted by Crippen LogP contribution is 2.34. The maximum Gasteiger partial charge on any atom is 0.337 e. The molecule has 1 fully saturated rings. The zero-order chi connectivity index (χ0) is 16.3. The summed E-state index contributed by atoms with van der Waals surface area (Å²) in [6.45, 7) is 0. The van der Waals surface area contributed by atoms with Crippen LogP contribution in [-0.2, 0) is 4.74 Å². The van der Waals surface area contributed by atoms with Gasteiger partial charge in [0.25, 0.3) is 0 Å². The molecule has 1 aliphatic carbocycles. The number of anilines is 1. The Hall–Kier alpha value is -2.57. The second kappa shape index (κ2) is 6.28. The number of guanidine groups is 2. The van der Waals surface area contributed by atoms with Gasteiger partial charge in [0, 0.05) is 5.69 Å². The lowest BCUT2D eigenvalue weighted by atomic mass is 9.90. The molecule has 3 rings (SSSR count). The molecule has 7 nitrogen and oxygen atoms in total. The van der Waals surface area contributed by atoms with Crippen LogP contribution in [0.5, 0.6) is 0 Å². The molecule has 1 saturated carbocycles. The lowest BCUT2D eigenvalue weighted by Crippen LogP contribution is -2.49. The molecule has 1 aromatic rings. The summed E-state index contributed by atoms with van der Waals surface area (Å²) in [5.41, 5.74) is 6.69. The fraction of sp³-hybridized carbons (Fsp3) is 0.438. The van der Waals surface area contributed by atoms with E-state index in [1.54, 1.807) is 18.2 Å². The molecule has 1 aliphatic heterocycles. The normalized spacial score (nSPS) is 19.3. The summed E-state index contributed by atoms with van der Waals surface area (Å²) in [6.07, 6.45) is 5.23. The topological polar surface area (TPSA) is 101 Å². The van der Waals surface area contributed by atoms with Crippen LogP contribution in [0.1, 0.15) is 42.5 Å². The Morgan fingerprint density at radius 2 is 2.09 bits per heavy atom. The smallest absolute Gasteiger partial charge is 0.337 e. The van der Waals surface area contributed by atoms with Gasteiger partial charge in [-0.25, -0.2) is 14.8 Å². The van der Waals surface area contributed by atoms with Crippen LogP contribution in [0.15, 0.2) is 34.3 Å². The molecule has 0 saturated heterocycles. The first-order valence-corrected chi connectivity index (χ1v) is 7.78. The van der Waals surface area contributed by atoms with Crippen molar-refractivity contribution >= 4 is 23.6 Å². The number of ether oxygens (including phenoxy) is 1. The molecule has 1 spiro atoms. The maximum absolute atomic E-state index is 11.6. The molecule has 0 unspecified atom stereocenters. The van der Waals surface area contributed by atoms with Gasteiger partial charge in [-0.15, -0.1) is 0 Å². The summed E-state index contributed by atoms with van der Waals surface area (Å²) in [4.78, 5) is 20.8. The van der Waals surface area contributed by atoms with E-state index in [2.05, 4.69) is 15.6 Å². The number of rotatable bonds is 2. The number of methoxy groups -OCH3 is 1. The Bertz CT molecular complexity index is 662. The summed E-state index contributed by atoms with van der Waals surface area (Å²) in [7, 11) is 1.36. The minimum Gasteiger partial charge on any atom is -0.465 e. The van der Waals surface area contributed by atoms with E-state index in [0.717, 1.165) is 31.4 Å². The van der Waals surface area contributed by atoms with Crippen LogP contribution in [0, 0.1) is 0 Å². The number of carbonyl (C=O) groups excluding carboxylic acids is 1. The third kappa shape index (κ3) is 3.44. The van der Waals surface area contributed by atoms with Crippen molar-refractivity contribution in [2.75, 3.05) is 12.4 Å². The van der Waals surface area contributed by atoms with Crippen LogP contribution in [0.25, 0.3) is 0 Å². The van der Waals surface area contributed by atoms with Crippen LogP contribution in [-0.4, -0.2) is 30.7 Å². The molecule has 122 valence electrons. The average Bonchev–Trinajstić information content (AvgIpc) is 2.54. The number of hydrogen-bond donors (Lipinski definition) is 3. The Labute approximate surface area is 135 Å². The molecule has 1 aromatic carbocycles. The van der Waals surface area contributed by atoms with E-state index >= 15 is 0 Å². The van der Waals surface area contributed by atoms with Crippen molar-refractivity contribution in [2.24, 2.45) is 15.7 Å². The first-order valence-electron chi connectivity index (χ1n) is 7.78. The van der Waals surface area contributed by atoms with Crippen LogP contribution in [0.3, 0.4) is 0 Å². The van der Waals surface area contributed by atoms with Gasteiger partial charge in [-0.2, -0.15) is 0 Å². The molecule has 0 bridgehead atoms. The average molecular weight is 315 g/mol. The highest BCUT2D eigenvalue weighted by Gasteiger charge is 2.34. The van der Waals surface area contributed by atoms with E-state index in [0.29, 0.717) is 17.5 Å². The molecule has 0 radical (unpaired) electrons. The molecule has 4 N–H and O–H groups in total. The Morgan fingerprint density at radius 1 is 1.30 bits per heavy atom. The van der Waals surface area contributed by atoms with Crippen molar-refractivity contribution in [1.82, 2.24) is 5.32 Å². The Kier molecular flexibility index (Phi) is 4.18. The fourth-order valence-corrected chi connectivity index (χ4v) is 3.01. The van der Waals surface area contributed by atoms with Gasteiger partial charge in [0.05, 0.1) is 12.7 Å². The van der Waals surface area contributed by atoms with E-state index in [1.165, 1.54) is 13.5 Å². The van der Waals surface area contributed by atoms with E-state index < -0.39 is 5.66 Å². The second-order valence-electron chi connectivity index (χ2n) is 5.82. The third-order valence-corrected chi connectivity index (χ3v) is 4.10. The van der Waals surface area contributed by atoms with Gasteiger partial charge >= 0.3 is 5.97 Å². The van der Waals surface area contributed by atoms with Crippen molar-refractivity contribution in [3.63, 3.8) is 0 Å². The first kappa shape index (κ1) is 15.3. The van der Waals surface area contributed by atoms with Crippen molar-refractivity contribution in [1.29, 1.82) is 0 Å². The van der Waals surface area contributed by atoms with Gasteiger partial charge in [-0.1, -0.05) is 12.5 Å². The lowest BCUT2D eigenvalue weighted by Gasteiger charge is -2.34. The predicted octanol–water partition coefficient (Wildman–Crippen LogP) is 1.82. The summed E-state index contributed by atoms with van der Waals surface area (Å²) >= 11 is 0. The molecular formula is C16H21N5O2. The minimum absolute atomic E-state index is 0.369. The first-order chi connectivity index (χ1) is 11.1. The number of esters is 1. The van der Waals surface area contributed by atoms with Gasteiger partial charge in [-0.3, -0.25) is 5.32 Å². The van der Waals surface area contributed by atoms with Gasteiger partial charge in [0.15, 0.2) is 11.6 Å². The molecule has 0 aromatic heterocycles. The molecular weight excluding hydrogens is 294 g/mol. The van der Waals surface area contributed by atoms with Crippen LogP contribution in [0.4, 0.5) is 5.69 Å². The summed E-state index contributed by atoms with van der Waals surface area (Å²) in [6, 6.07) is 7.05. The number of aliphatic imine (C=N–C) groups is 2. The lowest BCUT2D eigenvalue weighted by molar-refractivity contribution is 0.0601. The summed E-state index contributed by atoms with van der Waals surface area (Å²) in [5, 5.41) is 6.12. The second-order valence-corrected chi connectivity index (χ2v) is 5.82. The standard InChI is InChI=1S/C16H21N5O2/c1-23-13(22)11-6-5-7-12(10-11)18-15-19-14(17)20-16(21-15)8-3-2-4-9-16/h5-7,10H,2-4,8-9H2,1H3,(H4,17,18,19,20,21). The number of hydrogen-bond acceptors (Lipinski definition) is 7. The van der Waals surface area contributed by atoms with Gasteiger partial charge in [0.2, 0.25) is 5.96 Å². The number of carbonyl (C=O) groups is 1. The monoisotopic (exact) mass is 315 g/mol. The number of nitrogens with one attached hydrogen (secondary N) is 2. The highest BCUT2D eigenvalue weighted by atomic mass is 16.5.